The van der Waals surface area contributed by atoms with Crippen molar-refractivity contribution in [2.75, 3.05) is 39.3 Å². The van der Waals surface area contributed by atoms with Crippen molar-refractivity contribution in [1.29, 1.82) is 0 Å². The highest BCUT2D eigenvalue weighted by molar-refractivity contribution is 5.95. The number of carbonyl (C=O) groups is 2. The minimum atomic E-state index is -0.399. The number of aromatic nitrogens is 1. The summed E-state index contributed by atoms with van der Waals surface area (Å²) in [6.07, 6.45) is 2.58. The van der Waals surface area contributed by atoms with Crippen LogP contribution in [0.2, 0.25) is 0 Å². The van der Waals surface area contributed by atoms with Crippen LogP contribution in [0.15, 0.2) is 12.1 Å². The SMILES string of the molecule is CCOC(=O)c1ccc(C(=O)N2CCC(CN3CC(C)OC(C)C3)CC2)nc1C. The van der Waals surface area contributed by atoms with Gasteiger partial charge in [-0.2, -0.15) is 0 Å². The Morgan fingerprint density at radius 2 is 1.83 bits per heavy atom. The van der Waals surface area contributed by atoms with Crippen LogP contribution in [0, 0.1) is 12.8 Å². The number of ether oxygens (including phenoxy) is 2. The van der Waals surface area contributed by atoms with Crippen LogP contribution in [-0.2, 0) is 9.47 Å². The molecule has 2 atom stereocenters. The second-order valence-corrected chi connectivity index (χ2v) is 8.26. The molecule has 0 N–H and O–H groups in total. The molecule has 2 aliphatic heterocycles. The molecule has 0 spiro atoms. The second-order valence-electron chi connectivity index (χ2n) is 8.26. The van der Waals surface area contributed by atoms with Gasteiger partial charge in [-0.1, -0.05) is 0 Å². The topological polar surface area (TPSA) is 72.0 Å². The third-order valence-corrected chi connectivity index (χ3v) is 5.71. The Morgan fingerprint density at radius 1 is 1.17 bits per heavy atom. The summed E-state index contributed by atoms with van der Waals surface area (Å²) in [5.74, 6) is 0.150. The molecule has 2 unspecified atom stereocenters. The number of aryl methyl sites for hydroxylation is 1. The highest BCUT2D eigenvalue weighted by Crippen LogP contribution is 2.22. The number of hydrogen-bond acceptors (Lipinski definition) is 6. The van der Waals surface area contributed by atoms with Crippen LogP contribution in [0.1, 0.15) is 60.2 Å². The van der Waals surface area contributed by atoms with Crippen LogP contribution in [0.25, 0.3) is 0 Å². The molecule has 7 nitrogen and oxygen atoms in total. The molecule has 0 radical (unpaired) electrons. The number of amides is 1. The quantitative estimate of drug-likeness (QED) is 0.704. The number of esters is 1. The first-order valence-electron chi connectivity index (χ1n) is 10.7. The van der Waals surface area contributed by atoms with Gasteiger partial charge >= 0.3 is 5.97 Å². The van der Waals surface area contributed by atoms with Crippen molar-refractivity contribution in [3.8, 4) is 0 Å². The van der Waals surface area contributed by atoms with Gasteiger partial charge in [-0.05, 0) is 58.6 Å². The molecule has 0 aromatic carbocycles. The molecule has 29 heavy (non-hydrogen) atoms. The van der Waals surface area contributed by atoms with Gasteiger partial charge in [-0.3, -0.25) is 9.69 Å². The van der Waals surface area contributed by atoms with Gasteiger partial charge in [0.05, 0.1) is 30.1 Å². The minimum Gasteiger partial charge on any atom is -0.462 e. The standard InChI is InChI=1S/C22H33N3O4/c1-5-28-22(27)19-6-7-20(23-17(19)4)21(26)25-10-8-18(9-11-25)14-24-12-15(2)29-16(3)13-24/h6-7,15-16,18H,5,8-14H2,1-4H3. The zero-order valence-corrected chi connectivity index (χ0v) is 18.0. The number of pyridine rings is 1. The van der Waals surface area contributed by atoms with E-state index >= 15 is 0 Å². The molecular weight excluding hydrogens is 370 g/mol. The summed E-state index contributed by atoms with van der Waals surface area (Å²) in [5, 5.41) is 0. The van der Waals surface area contributed by atoms with E-state index in [2.05, 4.69) is 23.7 Å². The fourth-order valence-electron chi connectivity index (χ4n) is 4.38. The average molecular weight is 404 g/mol. The van der Waals surface area contributed by atoms with Crippen LogP contribution < -0.4 is 0 Å². The van der Waals surface area contributed by atoms with Crippen LogP contribution in [0.5, 0.6) is 0 Å². The van der Waals surface area contributed by atoms with Crippen molar-refractivity contribution in [1.82, 2.24) is 14.8 Å². The van der Waals surface area contributed by atoms with E-state index in [0.29, 0.717) is 29.5 Å². The summed E-state index contributed by atoms with van der Waals surface area (Å²) in [5.41, 5.74) is 1.33. The van der Waals surface area contributed by atoms with E-state index < -0.39 is 5.97 Å². The molecule has 7 heteroatoms. The number of piperidine rings is 1. The fraction of sp³-hybridized carbons (Fsp3) is 0.682. The number of nitrogens with zero attached hydrogens (tertiary/aromatic N) is 3. The largest absolute Gasteiger partial charge is 0.462 e. The molecule has 3 rings (SSSR count). The highest BCUT2D eigenvalue weighted by atomic mass is 16.5. The van der Waals surface area contributed by atoms with Crippen LogP contribution >= 0.6 is 0 Å². The molecule has 2 saturated heterocycles. The van der Waals surface area contributed by atoms with Crippen molar-refractivity contribution in [3.63, 3.8) is 0 Å². The lowest BCUT2D eigenvalue weighted by molar-refractivity contribution is -0.0728. The van der Waals surface area contributed by atoms with Gasteiger partial charge in [-0.25, -0.2) is 9.78 Å². The van der Waals surface area contributed by atoms with Gasteiger partial charge in [0.15, 0.2) is 0 Å². The molecule has 3 heterocycles. The molecule has 1 aromatic rings. The number of rotatable bonds is 5. The summed E-state index contributed by atoms with van der Waals surface area (Å²) < 4.78 is 10.8. The first-order chi connectivity index (χ1) is 13.9. The monoisotopic (exact) mass is 403 g/mol. The van der Waals surface area contributed by atoms with Gasteiger partial charge in [-0.15, -0.1) is 0 Å². The lowest BCUT2D eigenvalue weighted by Gasteiger charge is -2.39. The second kappa shape index (κ2) is 9.67. The predicted octanol–water partition coefficient (Wildman–Crippen LogP) is 2.53. The van der Waals surface area contributed by atoms with Gasteiger partial charge in [0.2, 0.25) is 0 Å². The summed E-state index contributed by atoms with van der Waals surface area (Å²) in [6.45, 7) is 12.6. The van der Waals surface area contributed by atoms with Gasteiger partial charge < -0.3 is 14.4 Å². The molecular formula is C22H33N3O4. The summed E-state index contributed by atoms with van der Waals surface area (Å²) in [7, 11) is 0. The molecule has 160 valence electrons. The lowest BCUT2D eigenvalue weighted by Crippen LogP contribution is -2.48. The number of likely N-dealkylation sites (tertiary alicyclic amines) is 1. The van der Waals surface area contributed by atoms with Gasteiger partial charge in [0.1, 0.15) is 5.69 Å². The van der Waals surface area contributed by atoms with E-state index in [-0.39, 0.29) is 18.1 Å². The summed E-state index contributed by atoms with van der Waals surface area (Å²) in [6, 6.07) is 3.27. The number of carbonyl (C=O) groups excluding carboxylic acids is 2. The number of hydrogen-bond donors (Lipinski definition) is 0. The Bertz CT molecular complexity index is 721. The Labute approximate surface area is 173 Å². The highest BCUT2D eigenvalue weighted by Gasteiger charge is 2.29. The van der Waals surface area contributed by atoms with Gasteiger partial charge in [0.25, 0.3) is 5.91 Å². The summed E-state index contributed by atoms with van der Waals surface area (Å²) >= 11 is 0. The minimum absolute atomic E-state index is 0.0597. The number of morpholine rings is 1. The van der Waals surface area contributed by atoms with E-state index in [9.17, 15) is 9.59 Å². The normalized spacial score (nSPS) is 23.8. The molecule has 2 fully saturated rings. The molecule has 0 saturated carbocycles. The van der Waals surface area contributed by atoms with Crippen LogP contribution in [-0.4, -0.2) is 78.2 Å². The maximum atomic E-state index is 12.9. The van der Waals surface area contributed by atoms with E-state index in [1.54, 1.807) is 26.0 Å². The van der Waals surface area contributed by atoms with Crippen molar-refractivity contribution >= 4 is 11.9 Å². The third kappa shape index (κ3) is 5.54. The van der Waals surface area contributed by atoms with E-state index in [0.717, 1.165) is 45.6 Å². The van der Waals surface area contributed by atoms with E-state index in [4.69, 9.17) is 9.47 Å². The molecule has 1 aromatic heterocycles. The smallest absolute Gasteiger partial charge is 0.339 e. The Hall–Kier alpha value is -1.99. The van der Waals surface area contributed by atoms with Crippen molar-refractivity contribution in [2.45, 2.75) is 52.7 Å². The first-order valence-corrected chi connectivity index (χ1v) is 10.7. The average Bonchev–Trinajstić information content (AvgIpc) is 2.67. The van der Waals surface area contributed by atoms with Crippen LogP contribution in [0.4, 0.5) is 0 Å². The third-order valence-electron chi connectivity index (χ3n) is 5.71. The van der Waals surface area contributed by atoms with Gasteiger partial charge in [0, 0.05) is 32.7 Å². The lowest BCUT2D eigenvalue weighted by atomic mass is 9.95. The maximum absolute atomic E-state index is 12.9. The van der Waals surface area contributed by atoms with Crippen molar-refractivity contribution in [3.05, 3.63) is 29.1 Å². The van der Waals surface area contributed by atoms with Crippen LogP contribution in [0.3, 0.4) is 0 Å². The molecule has 2 aliphatic rings. The zero-order valence-electron chi connectivity index (χ0n) is 18.0. The fourth-order valence-corrected chi connectivity index (χ4v) is 4.38. The predicted molar refractivity (Wildman–Crippen MR) is 110 cm³/mol. The molecule has 1 amide bonds. The summed E-state index contributed by atoms with van der Waals surface area (Å²) in [4.78, 5) is 33.5. The van der Waals surface area contributed by atoms with Crippen molar-refractivity contribution in [2.24, 2.45) is 5.92 Å². The van der Waals surface area contributed by atoms with E-state index in [1.807, 2.05) is 4.90 Å². The Kier molecular flexibility index (Phi) is 7.24. The Balaban J connectivity index is 1.53. The first kappa shape index (κ1) is 21.7. The van der Waals surface area contributed by atoms with E-state index in [1.165, 1.54) is 0 Å². The maximum Gasteiger partial charge on any atom is 0.339 e. The van der Waals surface area contributed by atoms with Crippen molar-refractivity contribution < 1.29 is 19.1 Å². The molecule has 0 bridgehead atoms. The zero-order chi connectivity index (χ0) is 21.0. The molecule has 0 aliphatic carbocycles. The Morgan fingerprint density at radius 3 is 2.41 bits per heavy atom.